The molecular weight excluding hydrogens is 366 g/mol. The van der Waals surface area contributed by atoms with Crippen molar-refractivity contribution >= 4 is 17.5 Å². The fourth-order valence-electron chi connectivity index (χ4n) is 3.33. The van der Waals surface area contributed by atoms with Gasteiger partial charge >= 0.3 is 0 Å². The molecule has 2 aromatic rings. The number of nitrogens with one attached hydrogen (secondary N) is 1. The van der Waals surface area contributed by atoms with Gasteiger partial charge in [0.1, 0.15) is 23.2 Å². The second-order valence-corrected chi connectivity index (χ2v) is 7.19. The van der Waals surface area contributed by atoms with Gasteiger partial charge in [-0.15, -0.1) is 0 Å². The lowest BCUT2D eigenvalue weighted by molar-refractivity contribution is 0.0746. The Balaban J connectivity index is 1.57. The summed E-state index contributed by atoms with van der Waals surface area (Å²) < 4.78 is 5.68. The van der Waals surface area contributed by atoms with Crippen molar-refractivity contribution in [1.82, 2.24) is 14.9 Å². The molecule has 1 amide bonds. The minimum absolute atomic E-state index is 0.0666. The van der Waals surface area contributed by atoms with Crippen molar-refractivity contribution in [3.63, 3.8) is 0 Å². The Morgan fingerprint density at radius 3 is 2.48 bits per heavy atom. The molecule has 0 radical (unpaired) electrons. The van der Waals surface area contributed by atoms with Gasteiger partial charge in [-0.3, -0.25) is 4.79 Å². The van der Waals surface area contributed by atoms with Crippen LogP contribution in [0.4, 0.5) is 11.6 Å². The third-order valence-corrected chi connectivity index (χ3v) is 4.94. The third-order valence-electron chi connectivity index (χ3n) is 4.94. The molecule has 1 N–H and O–H groups in total. The van der Waals surface area contributed by atoms with E-state index in [1.807, 2.05) is 49.1 Å². The standard InChI is InChI=1S/C22H31N5O2/c1-4-6-15-29-19-9-7-18(8-10-19)22(28)27-13-11-26(12-14-27)21-16-20(23-5-2)24-17(3)25-21/h7-10,16H,4-6,11-15H2,1-3H3,(H,23,24,25). The molecule has 0 atom stereocenters. The molecule has 0 saturated carbocycles. The number of aryl methyl sites for hydroxylation is 1. The van der Waals surface area contributed by atoms with Crippen LogP contribution in [-0.2, 0) is 0 Å². The molecule has 7 heteroatoms. The number of carbonyl (C=O) groups excluding carboxylic acids is 1. The maximum absolute atomic E-state index is 12.8. The Bertz CT molecular complexity index is 801. The molecule has 1 fully saturated rings. The van der Waals surface area contributed by atoms with Gasteiger partial charge in [0.25, 0.3) is 5.91 Å². The first-order valence-electron chi connectivity index (χ1n) is 10.5. The van der Waals surface area contributed by atoms with Gasteiger partial charge in [0, 0.05) is 44.4 Å². The van der Waals surface area contributed by atoms with Gasteiger partial charge in [-0.25, -0.2) is 9.97 Å². The summed E-state index contributed by atoms with van der Waals surface area (Å²) in [6, 6.07) is 9.44. The summed E-state index contributed by atoms with van der Waals surface area (Å²) in [4.78, 5) is 25.9. The second kappa shape index (κ2) is 10.1. The summed E-state index contributed by atoms with van der Waals surface area (Å²) in [6.45, 7) is 10.5. The average molecular weight is 398 g/mol. The van der Waals surface area contributed by atoms with Crippen molar-refractivity contribution in [1.29, 1.82) is 0 Å². The van der Waals surface area contributed by atoms with Crippen molar-refractivity contribution in [2.75, 3.05) is 49.5 Å². The lowest BCUT2D eigenvalue weighted by Gasteiger charge is -2.35. The van der Waals surface area contributed by atoms with E-state index in [2.05, 4.69) is 27.1 Å². The molecule has 156 valence electrons. The Morgan fingerprint density at radius 2 is 1.83 bits per heavy atom. The van der Waals surface area contributed by atoms with Gasteiger partial charge in [-0.1, -0.05) is 13.3 Å². The smallest absolute Gasteiger partial charge is 0.253 e. The van der Waals surface area contributed by atoms with Crippen LogP contribution in [0.25, 0.3) is 0 Å². The van der Waals surface area contributed by atoms with E-state index in [0.717, 1.165) is 55.7 Å². The van der Waals surface area contributed by atoms with E-state index in [0.29, 0.717) is 25.3 Å². The van der Waals surface area contributed by atoms with Crippen LogP contribution in [0.15, 0.2) is 30.3 Å². The predicted molar refractivity (Wildman–Crippen MR) is 116 cm³/mol. The number of carbonyl (C=O) groups is 1. The molecule has 7 nitrogen and oxygen atoms in total. The minimum atomic E-state index is 0.0666. The summed E-state index contributed by atoms with van der Waals surface area (Å²) >= 11 is 0. The molecule has 3 rings (SSSR count). The number of nitrogens with zero attached hydrogens (tertiary/aromatic N) is 4. The topological polar surface area (TPSA) is 70.6 Å². The van der Waals surface area contributed by atoms with E-state index in [1.54, 1.807) is 0 Å². The molecular formula is C22H31N5O2. The molecule has 1 aliphatic rings. The zero-order chi connectivity index (χ0) is 20.6. The zero-order valence-electron chi connectivity index (χ0n) is 17.6. The van der Waals surface area contributed by atoms with E-state index < -0.39 is 0 Å². The third kappa shape index (κ3) is 5.59. The number of unbranched alkanes of at least 4 members (excludes halogenated alkanes) is 1. The average Bonchev–Trinajstić information content (AvgIpc) is 2.74. The quantitative estimate of drug-likeness (QED) is 0.689. The number of rotatable bonds is 8. The number of anilines is 2. The van der Waals surface area contributed by atoms with Crippen LogP contribution in [-0.4, -0.2) is 60.1 Å². The van der Waals surface area contributed by atoms with E-state index in [9.17, 15) is 4.79 Å². The SMILES string of the molecule is CCCCOc1ccc(C(=O)N2CCN(c3cc(NCC)nc(C)n3)CC2)cc1. The van der Waals surface area contributed by atoms with Crippen molar-refractivity contribution in [3.8, 4) is 5.75 Å². The van der Waals surface area contributed by atoms with Crippen LogP contribution in [0.3, 0.4) is 0 Å². The molecule has 2 heterocycles. The minimum Gasteiger partial charge on any atom is -0.494 e. The van der Waals surface area contributed by atoms with Crippen LogP contribution < -0.4 is 15.0 Å². The molecule has 1 saturated heterocycles. The van der Waals surface area contributed by atoms with Crippen LogP contribution in [0.1, 0.15) is 42.9 Å². The highest BCUT2D eigenvalue weighted by Crippen LogP contribution is 2.19. The highest BCUT2D eigenvalue weighted by atomic mass is 16.5. The predicted octanol–water partition coefficient (Wildman–Crippen LogP) is 3.36. The summed E-state index contributed by atoms with van der Waals surface area (Å²) in [5, 5.41) is 3.24. The normalized spacial score (nSPS) is 14.0. The van der Waals surface area contributed by atoms with Crippen molar-refractivity contribution < 1.29 is 9.53 Å². The highest BCUT2D eigenvalue weighted by Gasteiger charge is 2.23. The Morgan fingerprint density at radius 1 is 1.10 bits per heavy atom. The fraction of sp³-hybridized carbons (Fsp3) is 0.500. The Hall–Kier alpha value is -2.83. The first kappa shape index (κ1) is 20.9. The molecule has 0 aliphatic carbocycles. The number of benzene rings is 1. The lowest BCUT2D eigenvalue weighted by atomic mass is 10.1. The maximum atomic E-state index is 12.8. The summed E-state index contributed by atoms with van der Waals surface area (Å²) in [5.41, 5.74) is 0.702. The molecule has 29 heavy (non-hydrogen) atoms. The number of hydrogen-bond acceptors (Lipinski definition) is 6. The summed E-state index contributed by atoms with van der Waals surface area (Å²) in [7, 11) is 0. The molecule has 0 unspecified atom stereocenters. The highest BCUT2D eigenvalue weighted by molar-refractivity contribution is 5.94. The van der Waals surface area contributed by atoms with Crippen LogP contribution in [0, 0.1) is 6.92 Å². The summed E-state index contributed by atoms with van der Waals surface area (Å²) in [5.74, 6) is 3.38. The van der Waals surface area contributed by atoms with Gasteiger partial charge in [0.15, 0.2) is 0 Å². The van der Waals surface area contributed by atoms with Gasteiger partial charge in [-0.2, -0.15) is 0 Å². The fourth-order valence-corrected chi connectivity index (χ4v) is 3.33. The van der Waals surface area contributed by atoms with Crippen molar-refractivity contribution in [2.45, 2.75) is 33.6 Å². The van der Waals surface area contributed by atoms with E-state index in [4.69, 9.17) is 4.74 Å². The first-order valence-corrected chi connectivity index (χ1v) is 10.5. The van der Waals surface area contributed by atoms with Gasteiger partial charge in [-0.05, 0) is 44.5 Å². The Kier molecular flexibility index (Phi) is 7.27. The number of hydrogen-bond donors (Lipinski definition) is 1. The molecule has 0 spiro atoms. The van der Waals surface area contributed by atoms with Gasteiger partial charge in [0.05, 0.1) is 6.61 Å². The molecule has 1 aliphatic heterocycles. The number of amides is 1. The number of aromatic nitrogens is 2. The first-order chi connectivity index (χ1) is 14.1. The largest absolute Gasteiger partial charge is 0.494 e. The number of ether oxygens (including phenoxy) is 1. The maximum Gasteiger partial charge on any atom is 0.253 e. The van der Waals surface area contributed by atoms with Crippen molar-refractivity contribution in [3.05, 3.63) is 41.7 Å². The van der Waals surface area contributed by atoms with Crippen LogP contribution in [0.2, 0.25) is 0 Å². The molecule has 0 bridgehead atoms. The van der Waals surface area contributed by atoms with E-state index in [1.165, 1.54) is 0 Å². The second-order valence-electron chi connectivity index (χ2n) is 7.19. The summed E-state index contributed by atoms with van der Waals surface area (Å²) in [6.07, 6.45) is 2.14. The zero-order valence-corrected chi connectivity index (χ0v) is 17.6. The van der Waals surface area contributed by atoms with E-state index >= 15 is 0 Å². The molecule has 1 aromatic heterocycles. The van der Waals surface area contributed by atoms with Gasteiger partial charge < -0.3 is 19.9 Å². The monoisotopic (exact) mass is 397 g/mol. The molecule has 1 aromatic carbocycles. The van der Waals surface area contributed by atoms with Crippen LogP contribution in [0.5, 0.6) is 5.75 Å². The van der Waals surface area contributed by atoms with Gasteiger partial charge in [0.2, 0.25) is 0 Å². The van der Waals surface area contributed by atoms with E-state index in [-0.39, 0.29) is 5.91 Å². The van der Waals surface area contributed by atoms with Crippen molar-refractivity contribution in [2.24, 2.45) is 0 Å². The Labute approximate surface area is 173 Å². The lowest BCUT2D eigenvalue weighted by Crippen LogP contribution is -2.49. The van der Waals surface area contributed by atoms with Crippen LogP contribution >= 0.6 is 0 Å². The number of piperazine rings is 1.